The van der Waals surface area contributed by atoms with E-state index in [-0.39, 0.29) is 13.2 Å². The van der Waals surface area contributed by atoms with Crippen LogP contribution < -0.4 is 0 Å². The Bertz CT molecular complexity index is 103. The molecule has 0 aliphatic carbocycles. The van der Waals surface area contributed by atoms with Crippen molar-refractivity contribution in [2.24, 2.45) is 0 Å². The third-order valence-corrected chi connectivity index (χ3v) is 1.01. The van der Waals surface area contributed by atoms with Gasteiger partial charge in [0.25, 0.3) is 0 Å². The van der Waals surface area contributed by atoms with Crippen LogP contribution in [-0.4, -0.2) is 26.0 Å². The highest BCUT2D eigenvalue weighted by atomic mass is 19.4. The van der Waals surface area contributed by atoms with Crippen LogP contribution in [0.5, 0.6) is 0 Å². The van der Waals surface area contributed by atoms with Crippen LogP contribution in [-0.2, 0) is 9.47 Å². The molecule has 5 heteroatoms. The first-order chi connectivity index (χ1) is 5.56. The van der Waals surface area contributed by atoms with Crippen molar-refractivity contribution in [1.82, 2.24) is 0 Å². The molecule has 0 saturated carbocycles. The van der Waals surface area contributed by atoms with E-state index < -0.39 is 12.6 Å². The lowest BCUT2D eigenvalue weighted by molar-refractivity contribution is -0.143. The van der Waals surface area contributed by atoms with Gasteiger partial charge in [-0.15, -0.1) is 0 Å². The summed E-state index contributed by atoms with van der Waals surface area (Å²) in [5.74, 6) is 0. The minimum Gasteiger partial charge on any atom is -0.379 e. The lowest BCUT2D eigenvalue weighted by Crippen LogP contribution is -2.11. The van der Waals surface area contributed by atoms with Gasteiger partial charge in [0.05, 0.1) is 19.6 Å². The second-order valence-electron chi connectivity index (χ2n) is 2.06. The largest absolute Gasteiger partial charge is 0.391 e. The number of rotatable bonds is 6. The maximum Gasteiger partial charge on any atom is 0.391 e. The molecule has 0 amide bonds. The van der Waals surface area contributed by atoms with Gasteiger partial charge in [-0.1, -0.05) is 0 Å². The van der Waals surface area contributed by atoms with Gasteiger partial charge in [0, 0.05) is 6.61 Å². The molecule has 0 aliphatic heterocycles. The van der Waals surface area contributed by atoms with Gasteiger partial charge >= 0.3 is 6.18 Å². The van der Waals surface area contributed by atoms with E-state index in [1.807, 2.05) is 0 Å². The average Bonchev–Trinajstić information content (AvgIpc) is 1.94. The van der Waals surface area contributed by atoms with Crippen LogP contribution in [0.3, 0.4) is 0 Å². The predicted molar refractivity (Wildman–Crippen MR) is 37.4 cm³/mol. The highest BCUT2D eigenvalue weighted by molar-refractivity contribution is 4.52. The highest BCUT2D eigenvalue weighted by Gasteiger charge is 2.26. The Morgan fingerprint density at radius 2 is 2.00 bits per heavy atom. The molecular formula is C7H12F3O2. The molecule has 0 unspecified atom stereocenters. The summed E-state index contributed by atoms with van der Waals surface area (Å²) in [6, 6.07) is 0. The first kappa shape index (κ1) is 11.7. The van der Waals surface area contributed by atoms with Crippen LogP contribution in [0.4, 0.5) is 13.2 Å². The summed E-state index contributed by atoms with van der Waals surface area (Å²) in [7, 11) is 0. The minimum absolute atomic E-state index is 0.231. The van der Waals surface area contributed by atoms with Crippen molar-refractivity contribution in [3.8, 4) is 0 Å². The second kappa shape index (κ2) is 6.25. The molecule has 73 valence electrons. The van der Waals surface area contributed by atoms with Crippen LogP contribution >= 0.6 is 0 Å². The smallest absolute Gasteiger partial charge is 0.379 e. The minimum atomic E-state index is -4.14. The highest BCUT2D eigenvalue weighted by Crippen LogP contribution is 2.18. The van der Waals surface area contributed by atoms with E-state index in [9.17, 15) is 13.2 Å². The molecule has 0 spiro atoms. The normalized spacial score (nSPS) is 12.0. The van der Waals surface area contributed by atoms with Gasteiger partial charge in [0.1, 0.15) is 6.61 Å². The van der Waals surface area contributed by atoms with Crippen LogP contribution in [0.2, 0.25) is 0 Å². The monoisotopic (exact) mass is 185 g/mol. The van der Waals surface area contributed by atoms with Gasteiger partial charge in [-0.3, -0.25) is 0 Å². The lowest BCUT2D eigenvalue weighted by Gasteiger charge is -2.06. The Kier molecular flexibility index (Phi) is 6.10. The maximum atomic E-state index is 11.5. The molecule has 0 aliphatic rings. The maximum absolute atomic E-state index is 11.5. The zero-order chi connectivity index (χ0) is 9.45. The fraction of sp³-hybridized carbons (Fsp3) is 0.857. The van der Waals surface area contributed by atoms with Gasteiger partial charge in [-0.05, 0) is 6.92 Å². The molecule has 0 saturated heterocycles. The number of hydrogen-bond donors (Lipinski definition) is 0. The Balaban J connectivity index is 3.01. The van der Waals surface area contributed by atoms with Crippen LogP contribution in [0.25, 0.3) is 0 Å². The van der Waals surface area contributed by atoms with Crippen molar-refractivity contribution in [2.75, 3.05) is 19.8 Å². The van der Waals surface area contributed by atoms with E-state index in [0.29, 0.717) is 6.61 Å². The van der Waals surface area contributed by atoms with E-state index >= 15 is 0 Å². The molecule has 0 aromatic rings. The molecule has 0 rings (SSSR count). The van der Waals surface area contributed by atoms with Gasteiger partial charge in [0.2, 0.25) is 0 Å². The Labute approximate surface area is 69.7 Å². The molecule has 0 bridgehead atoms. The van der Waals surface area contributed by atoms with Crippen molar-refractivity contribution in [3.63, 3.8) is 0 Å². The molecule has 0 N–H and O–H groups in total. The van der Waals surface area contributed by atoms with Crippen LogP contribution in [0.1, 0.15) is 13.3 Å². The summed E-state index contributed by atoms with van der Waals surface area (Å²) in [6.45, 7) is 3.45. The average molecular weight is 185 g/mol. The molecule has 2 nitrogen and oxygen atoms in total. The zero-order valence-corrected chi connectivity index (χ0v) is 6.86. The van der Waals surface area contributed by atoms with Crippen LogP contribution in [0.15, 0.2) is 0 Å². The molecular weight excluding hydrogens is 173 g/mol. The SMILES string of the molecule is CCOC[CH]OCCC(F)(F)F. The predicted octanol–water partition coefficient (Wildman–Crippen LogP) is 2.15. The van der Waals surface area contributed by atoms with Gasteiger partial charge in [-0.2, -0.15) is 13.2 Å². The Morgan fingerprint density at radius 3 is 2.50 bits per heavy atom. The topological polar surface area (TPSA) is 18.5 Å². The fourth-order valence-electron chi connectivity index (χ4n) is 0.472. The third-order valence-electron chi connectivity index (χ3n) is 1.01. The van der Waals surface area contributed by atoms with E-state index in [2.05, 4.69) is 4.74 Å². The van der Waals surface area contributed by atoms with Crippen molar-refractivity contribution in [2.45, 2.75) is 19.5 Å². The molecule has 0 aromatic heterocycles. The van der Waals surface area contributed by atoms with Crippen molar-refractivity contribution < 1.29 is 22.6 Å². The number of halogens is 3. The number of hydrogen-bond acceptors (Lipinski definition) is 2. The van der Waals surface area contributed by atoms with Gasteiger partial charge in [-0.25, -0.2) is 0 Å². The summed E-state index contributed by atoms with van der Waals surface area (Å²) in [5.41, 5.74) is 0. The second-order valence-corrected chi connectivity index (χ2v) is 2.06. The standard InChI is InChI=1S/C7H12F3O2/c1-2-11-5-6-12-4-3-7(8,9)10/h6H,2-5H2,1H3. The first-order valence-electron chi connectivity index (χ1n) is 3.64. The van der Waals surface area contributed by atoms with E-state index in [1.165, 1.54) is 6.61 Å². The van der Waals surface area contributed by atoms with E-state index in [4.69, 9.17) is 4.74 Å². The molecule has 0 fully saturated rings. The first-order valence-corrected chi connectivity index (χ1v) is 3.64. The summed E-state index contributed by atoms with van der Waals surface area (Å²) in [5, 5.41) is 0. The lowest BCUT2D eigenvalue weighted by atomic mass is 10.4. The summed E-state index contributed by atoms with van der Waals surface area (Å²) >= 11 is 0. The third kappa shape index (κ3) is 9.71. The molecule has 0 atom stereocenters. The Hall–Kier alpha value is -0.290. The van der Waals surface area contributed by atoms with E-state index in [0.717, 1.165) is 0 Å². The molecule has 0 heterocycles. The quantitative estimate of drug-likeness (QED) is 0.590. The van der Waals surface area contributed by atoms with Crippen molar-refractivity contribution in [3.05, 3.63) is 6.61 Å². The van der Waals surface area contributed by atoms with Gasteiger partial charge in [0.15, 0.2) is 0 Å². The zero-order valence-electron chi connectivity index (χ0n) is 6.86. The summed E-state index contributed by atoms with van der Waals surface area (Å²) in [4.78, 5) is 0. The van der Waals surface area contributed by atoms with Crippen molar-refractivity contribution >= 4 is 0 Å². The molecule has 1 radical (unpaired) electrons. The fourth-order valence-corrected chi connectivity index (χ4v) is 0.472. The van der Waals surface area contributed by atoms with Crippen molar-refractivity contribution in [1.29, 1.82) is 0 Å². The van der Waals surface area contributed by atoms with Gasteiger partial charge < -0.3 is 9.47 Å². The summed E-state index contributed by atoms with van der Waals surface area (Å²) in [6.07, 6.45) is -5.06. The number of ether oxygens (including phenoxy) is 2. The summed E-state index contributed by atoms with van der Waals surface area (Å²) < 4.78 is 43.9. The molecule has 12 heavy (non-hydrogen) atoms. The Morgan fingerprint density at radius 1 is 1.33 bits per heavy atom. The van der Waals surface area contributed by atoms with E-state index in [1.54, 1.807) is 6.92 Å². The van der Waals surface area contributed by atoms with Crippen LogP contribution in [0, 0.1) is 6.61 Å². The number of alkyl halides is 3. The molecule has 0 aromatic carbocycles.